The molecule has 0 bridgehead atoms. The largest absolute Gasteiger partial charge is 0.493 e. The lowest BCUT2D eigenvalue weighted by molar-refractivity contribution is 0.104. The van der Waals surface area contributed by atoms with Gasteiger partial charge in [-0.25, -0.2) is 4.98 Å². The fourth-order valence-corrected chi connectivity index (χ4v) is 4.53. The Morgan fingerprint density at radius 1 is 1.06 bits per heavy atom. The van der Waals surface area contributed by atoms with Crippen LogP contribution < -0.4 is 20.9 Å². The van der Waals surface area contributed by atoms with Gasteiger partial charge in [0.05, 0.1) is 19.9 Å². The predicted octanol–water partition coefficient (Wildman–Crippen LogP) is 4.25. The van der Waals surface area contributed by atoms with E-state index >= 15 is 0 Å². The van der Waals surface area contributed by atoms with E-state index in [9.17, 15) is 10.1 Å². The van der Waals surface area contributed by atoms with Crippen LogP contribution in [-0.2, 0) is 0 Å². The number of carbonyl (C=O) groups excluding carboxylic acids is 1. The summed E-state index contributed by atoms with van der Waals surface area (Å²) in [5.74, 6) is 0.888. The maximum absolute atomic E-state index is 13.1. The average Bonchev–Trinajstić information content (AvgIpc) is 3.13. The molecule has 4 aromatic rings. The van der Waals surface area contributed by atoms with Crippen molar-refractivity contribution < 1.29 is 14.3 Å². The predicted molar refractivity (Wildman–Crippen MR) is 122 cm³/mol. The van der Waals surface area contributed by atoms with Crippen molar-refractivity contribution in [2.45, 2.75) is 0 Å². The average molecular weight is 430 g/mol. The van der Waals surface area contributed by atoms with Gasteiger partial charge in [0.2, 0.25) is 5.78 Å². The Balaban J connectivity index is 2.02. The van der Waals surface area contributed by atoms with Gasteiger partial charge in [-0.3, -0.25) is 4.79 Å². The minimum atomic E-state index is -0.212. The third-order valence-corrected chi connectivity index (χ3v) is 6.03. The van der Waals surface area contributed by atoms with Crippen LogP contribution >= 0.6 is 11.3 Å². The van der Waals surface area contributed by atoms with Crippen LogP contribution in [0.3, 0.4) is 0 Å². The van der Waals surface area contributed by atoms with E-state index in [1.807, 2.05) is 6.07 Å². The molecule has 0 atom stereocenters. The van der Waals surface area contributed by atoms with Crippen molar-refractivity contribution in [3.63, 3.8) is 0 Å². The molecule has 0 unspecified atom stereocenters. The Labute approximate surface area is 182 Å². The Bertz CT molecular complexity index is 1360. The normalized spacial score (nSPS) is 10.6. The van der Waals surface area contributed by atoms with Crippen molar-refractivity contribution in [3.8, 4) is 28.7 Å². The van der Waals surface area contributed by atoms with Gasteiger partial charge < -0.3 is 20.9 Å². The molecule has 2 aromatic carbocycles. The van der Waals surface area contributed by atoms with E-state index in [2.05, 4.69) is 11.1 Å². The zero-order chi connectivity index (χ0) is 22.1. The van der Waals surface area contributed by atoms with Gasteiger partial charge in [0.1, 0.15) is 27.2 Å². The summed E-state index contributed by atoms with van der Waals surface area (Å²) >= 11 is 1.16. The maximum Gasteiger partial charge on any atom is 0.205 e. The number of nitrogen functional groups attached to an aromatic ring is 2. The number of pyridine rings is 1. The van der Waals surface area contributed by atoms with Gasteiger partial charge in [0, 0.05) is 16.5 Å². The van der Waals surface area contributed by atoms with Crippen molar-refractivity contribution in [1.29, 1.82) is 5.26 Å². The second kappa shape index (κ2) is 7.97. The topological polar surface area (TPSA) is 124 Å². The van der Waals surface area contributed by atoms with Crippen LogP contribution in [0.5, 0.6) is 11.5 Å². The summed E-state index contributed by atoms with van der Waals surface area (Å²) in [6, 6.07) is 16.2. The summed E-state index contributed by atoms with van der Waals surface area (Å²) in [5, 5.41) is 10.3. The molecular weight excluding hydrogens is 412 g/mol. The number of nitrogens with two attached hydrogens (primary N) is 2. The molecule has 0 aliphatic heterocycles. The van der Waals surface area contributed by atoms with Gasteiger partial charge in [-0.2, -0.15) is 5.26 Å². The molecule has 0 radical (unpaired) electrons. The Hall–Kier alpha value is -4.09. The van der Waals surface area contributed by atoms with Crippen LogP contribution in [0.25, 0.3) is 21.3 Å². The molecule has 0 spiro atoms. The lowest BCUT2D eigenvalue weighted by Gasteiger charge is -2.13. The van der Waals surface area contributed by atoms with E-state index < -0.39 is 0 Å². The second-order valence-corrected chi connectivity index (χ2v) is 7.65. The summed E-state index contributed by atoms with van der Waals surface area (Å²) in [6.07, 6.45) is 0. The molecule has 0 amide bonds. The standard InChI is InChI=1S/C23H18N4O3S/c1-29-15-9-8-13(10-16(15)30-2)17-14(11-24)22(26)27-23-18(17)19(25)21(31-23)20(28)12-6-4-3-5-7-12/h3-10H,25H2,1-2H3,(H2,26,27). The molecule has 0 aliphatic rings. The van der Waals surface area contributed by atoms with Crippen LogP contribution in [0.4, 0.5) is 11.5 Å². The van der Waals surface area contributed by atoms with Gasteiger partial charge in [0.25, 0.3) is 0 Å². The first-order valence-electron chi connectivity index (χ1n) is 9.23. The molecule has 7 nitrogen and oxygen atoms in total. The van der Waals surface area contributed by atoms with Crippen molar-refractivity contribution in [3.05, 3.63) is 64.5 Å². The number of nitriles is 1. The van der Waals surface area contributed by atoms with E-state index in [0.29, 0.717) is 43.3 Å². The molecule has 31 heavy (non-hydrogen) atoms. The van der Waals surface area contributed by atoms with Gasteiger partial charge >= 0.3 is 0 Å². The summed E-state index contributed by atoms with van der Waals surface area (Å²) in [6.45, 7) is 0. The van der Waals surface area contributed by atoms with Crippen molar-refractivity contribution >= 4 is 38.8 Å². The van der Waals surface area contributed by atoms with Crippen LogP contribution in [-0.4, -0.2) is 25.0 Å². The van der Waals surface area contributed by atoms with Gasteiger partial charge in [0.15, 0.2) is 11.5 Å². The number of fused-ring (bicyclic) bond motifs is 1. The van der Waals surface area contributed by atoms with Crippen molar-refractivity contribution in [2.75, 3.05) is 25.7 Å². The van der Waals surface area contributed by atoms with E-state index in [1.165, 1.54) is 7.11 Å². The monoisotopic (exact) mass is 430 g/mol. The summed E-state index contributed by atoms with van der Waals surface area (Å²) in [5.41, 5.74) is 14.7. The maximum atomic E-state index is 13.1. The zero-order valence-corrected chi connectivity index (χ0v) is 17.6. The molecule has 154 valence electrons. The minimum Gasteiger partial charge on any atom is -0.493 e. The fourth-order valence-electron chi connectivity index (χ4n) is 3.45. The van der Waals surface area contributed by atoms with Crippen molar-refractivity contribution in [1.82, 2.24) is 4.98 Å². The third-order valence-electron chi connectivity index (χ3n) is 4.93. The number of ketones is 1. The molecule has 2 aromatic heterocycles. The highest BCUT2D eigenvalue weighted by atomic mass is 32.1. The molecular formula is C23H18N4O3S. The Morgan fingerprint density at radius 2 is 1.77 bits per heavy atom. The highest BCUT2D eigenvalue weighted by Crippen LogP contribution is 2.44. The number of rotatable bonds is 5. The second-order valence-electron chi connectivity index (χ2n) is 6.65. The highest BCUT2D eigenvalue weighted by Gasteiger charge is 2.25. The molecule has 0 fully saturated rings. The number of carbonyl (C=O) groups is 1. The summed E-state index contributed by atoms with van der Waals surface area (Å²) in [4.78, 5) is 18.3. The van der Waals surface area contributed by atoms with Gasteiger partial charge in [-0.1, -0.05) is 36.4 Å². The number of methoxy groups -OCH3 is 2. The third kappa shape index (κ3) is 3.31. The molecule has 0 aliphatic carbocycles. The first-order chi connectivity index (χ1) is 15.0. The summed E-state index contributed by atoms with van der Waals surface area (Å²) in [7, 11) is 3.07. The number of anilines is 2. The van der Waals surface area contributed by atoms with E-state index in [-0.39, 0.29) is 22.9 Å². The number of aromatic nitrogens is 1. The molecule has 8 heteroatoms. The van der Waals surface area contributed by atoms with Gasteiger partial charge in [-0.15, -0.1) is 11.3 Å². The minimum absolute atomic E-state index is 0.0692. The molecule has 0 saturated heterocycles. The zero-order valence-electron chi connectivity index (χ0n) is 16.8. The first kappa shape index (κ1) is 20.2. The van der Waals surface area contributed by atoms with Crippen LogP contribution in [0.2, 0.25) is 0 Å². The number of hydrogen-bond acceptors (Lipinski definition) is 8. The first-order valence-corrected chi connectivity index (χ1v) is 10.1. The SMILES string of the molecule is COc1ccc(-c2c(C#N)c(N)nc3sc(C(=O)c4ccccc4)c(N)c23)cc1OC. The lowest BCUT2D eigenvalue weighted by atomic mass is 9.96. The highest BCUT2D eigenvalue weighted by molar-refractivity contribution is 7.21. The van der Waals surface area contributed by atoms with E-state index in [0.717, 1.165) is 11.3 Å². The van der Waals surface area contributed by atoms with E-state index in [1.54, 1.807) is 49.6 Å². The van der Waals surface area contributed by atoms with Crippen molar-refractivity contribution in [2.24, 2.45) is 0 Å². The molecule has 2 heterocycles. The van der Waals surface area contributed by atoms with E-state index in [4.69, 9.17) is 20.9 Å². The number of benzene rings is 2. The lowest BCUT2D eigenvalue weighted by Crippen LogP contribution is -2.02. The molecule has 4 rings (SSSR count). The smallest absolute Gasteiger partial charge is 0.205 e. The molecule has 4 N–H and O–H groups in total. The fraction of sp³-hybridized carbons (Fsp3) is 0.0870. The Morgan fingerprint density at radius 3 is 2.42 bits per heavy atom. The number of nitrogens with zero attached hydrogens (tertiary/aromatic N) is 2. The number of thiophene rings is 1. The molecule has 0 saturated carbocycles. The van der Waals surface area contributed by atoms with Crippen LogP contribution in [0.15, 0.2) is 48.5 Å². The van der Waals surface area contributed by atoms with Crippen LogP contribution in [0.1, 0.15) is 20.8 Å². The number of hydrogen-bond donors (Lipinski definition) is 2. The van der Waals surface area contributed by atoms with Gasteiger partial charge in [-0.05, 0) is 17.7 Å². The summed E-state index contributed by atoms with van der Waals surface area (Å²) < 4.78 is 10.7. The Kier molecular flexibility index (Phi) is 5.19. The number of ether oxygens (including phenoxy) is 2. The quantitative estimate of drug-likeness (QED) is 0.454. The van der Waals surface area contributed by atoms with Crippen LogP contribution in [0, 0.1) is 11.3 Å².